The van der Waals surface area contributed by atoms with Gasteiger partial charge in [-0.05, 0) is 26.2 Å². The van der Waals surface area contributed by atoms with Crippen molar-refractivity contribution in [2.24, 2.45) is 0 Å². The highest BCUT2D eigenvalue weighted by atomic mass is 16.6. The minimum Gasteiger partial charge on any atom is -0.490 e. The largest absolute Gasteiger partial charge is 0.490 e. The van der Waals surface area contributed by atoms with Gasteiger partial charge in [0, 0.05) is 31.3 Å². The molecule has 1 rings (SSSR count). The van der Waals surface area contributed by atoms with Crippen molar-refractivity contribution in [3.05, 3.63) is 33.9 Å². The number of methoxy groups -OCH3 is 2. The van der Waals surface area contributed by atoms with Crippen molar-refractivity contribution in [1.82, 2.24) is 9.80 Å². The molecule has 0 fully saturated rings. The first-order chi connectivity index (χ1) is 11.8. The second-order valence-electron chi connectivity index (χ2n) is 5.57. The number of hydrogen-bond donors (Lipinski definition) is 0. The Bertz CT molecular complexity index is 632. The molecule has 25 heavy (non-hydrogen) atoms. The smallest absolute Gasteiger partial charge is 0.311 e. The van der Waals surface area contributed by atoms with Crippen LogP contribution < -0.4 is 4.74 Å². The van der Waals surface area contributed by atoms with E-state index in [9.17, 15) is 19.7 Å². The van der Waals surface area contributed by atoms with E-state index in [-0.39, 0.29) is 30.0 Å². The number of amides is 1. The predicted molar refractivity (Wildman–Crippen MR) is 90.7 cm³/mol. The molecule has 0 unspecified atom stereocenters. The summed E-state index contributed by atoms with van der Waals surface area (Å²) in [7, 11) is 6.33. The lowest BCUT2D eigenvalue weighted by Gasteiger charge is -2.24. The third kappa shape index (κ3) is 6.03. The monoisotopic (exact) mass is 353 g/mol. The lowest BCUT2D eigenvalue weighted by molar-refractivity contribution is -0.385. The highest BCUT2D eigenvalue weighted by Crippen LogP contribution is 2.28. The summed E-state index contributed by atoms with van der Waals surface area (Å²) < 4.78 is 9.54. The van der Waals surface area contributed by atoms with E-state index in [4.69, 9.17) is 4.74 Å². The number of esters is 1. The number of carbonyl (C=O) groups excluding carboxylic acids is 2. The van der Waals surface area contributed by atoms with Crippen LogP contribution in [0.15, 0.2) is 18.2 Å². The summed E-state index contributed by atoms with van der Waals surface area (Å²) in [4.78, 5) is 38.0. The average Bonchev–Trinajstić information content (AvgIpc) is 2.59. The van der Waals surface area contributed by atoms with Gasteiger partial charge in [-0.25, -0.2) is 0 Å². The van der Waals surface area contributed by atoms with E-state index >= 15 is 0 Å². The topological polar surface area (TPSA) is 102 Å². The van der Waals surface area contributed by atoms with Crippen LogP contribution in [0.2, 0.25) is 0 Å². The zero-order valence-electron chi connectivity index (χ0n) is 14.9. The van der Waals surface area contributed by atoms with Crippen molar-refractivity contribution in [2.45, 2.75) is 6.42 Å². The number of benzene rings is 1. The summed E-state index contributed by atoms with van der Waals surface area (Å²) in [5.74, 6) is -0.740. The molecule has 0 radical (unpaired) electrons. The van der Waals surface area contributed by atoms with E-state index in [2.05, 4.69) is 4.74 Å². The molecule has 0 N–H and O–H groups in total. The molecule has 9 nitrogen and oxygen atoms in total. The zero-order valence-corrected chi connectivity index (χ0v) is 14.9. The van der Waals surface area contributed by atoms with Gasteiger partial charge in [0.05, 0.1) is 25.6 Å². The van der Waals surface area contributed by atoms with Gasteiger partial charge in [0.2, 0.25) is 0 Å². The van der Waals surface area contributed by atoms with E-state index < -0.39 is 16.8 Å². The van der Waals surface area contributed by atoms with Crippen LogP contribution in [0, 0.1) is 10.1 Å². The highest BCUT2D eigenvalue weighted by molar-refractivity contribution is 5.95. The first-order valence-electron chi connectivity index (χ1n) is 7.63. The summed E-state index contributed by atoms with van der Waals surface area (Å²) in [5.41, 5.74) is -0.120. The molecule has 0 spiro atoms. The number of nitro benzene ring substituents is 1. The number of hydrogen-bond acceptors (Lipinski definition) is 7. The standard InChI is InChI=1S/C16H23N3O6/c1-17(2)9-10-18(8-7-15(20)25-4)16(21)12-5-6-14(24-3)13(11-12)19(22)23/h5-6,11H,7-10H2,1-4H3. The molecule has 0 heterocycles. The average molecular weight is 353 g/mol. The molecule has 1 amide bonds. The Morgan fingerprint density at radius 1 is 1.16 bits per heavy atom. The SMILES string of the molecule is COC(=O)CCN(CCN(C)C)C(=O)c1ccc(OC)c([N+](=O)[O-])c1. The number of likely N-dealkylation sites (N-methyl/N-ethyl adjacent to an activating group) is 1. The third-order valence-electron chi connectivity index (χ3n) is 3.54. The molecule has 0 saturated carbocycles. The molecule has 0 aliphatic rings. The van der Waals surface area contributed by atoms with E-state index in [0.29, 0.717) is 13.1 Å². The second-order valence-corrected chi connectivity index (χ2v) is 5.57. The normalized spacial score (nSPS) is 10.4. The molecule has 0 saturated heterocycles. The first-order valence-corrected chi connectivity index (χ1v) is 7.63. The van der Waals surface area contributed by atoms with Crippen LogP contribution in [0.5, 0.6) is 5.75 Å². The number of nitrogens with zero attached hydrogens (tertiary/aromatic N) is 3. The van der Waals surface area contributed by atoms with Gasteiger partial charge in [0.15, 0.2) is 5.75 Å². The summed E-state index contributed by atoms with van der Waals surface area (Å²) in [5, 5.41) is 11.1. The molecular weight excluding hydrogens is 330 g/mol. The van der Waals surface area contributed by atoms with Gasteiger partial charge in [-0.1, -0.05) is 0 Å². The van der Waals surface area contributed by atoms with Crippen molar-refractivity contribution >= 4 is 17.6 Å². The van der Waals surface area contributed by atoms with Gasteiger partial charge in [-0.15, -0.1) is 0 Å². The highest BCUT2D eigenvalue weighted by Gasteiger charge is 2.22. The van der Waals surface area contributed by atoms with Crippen LogP contribution in [0.4, 0.5) is 5.69 Å². The Morgan fingerprint density at radius 3 is 2.36 bits per heavy atom. The van der Waals surface area contributed by atoms with Crippen LogP contribution in [0.3, 0.4) is 0 Å². The minimum atomic E-state index is -0.603. The van der Waals surface area contributed by atoms with Gasteiger partial charge in [-0.3, -0.25) is 19.7 Å². The molecule has 138 valence electrons. The van der Waals surface area contributed by atoms with Crippen LogP contribution in [0.1, 0.15) is 16.8 Å². The second kappa shape index (κ2) is 9.58. The molecule has 1 aromatic rings. The molecule has 0 atom stereocenters. The predicted octanol–water partition coefficient (Wildman–Crippen LogP) is 1.17. The Hall–Kier alpha value is -2.68. The van der Waals surface area contributed by atoms with Crippen molar-refractivity contribution in [3.8, 4) is 5.75 Å². The number of rotatable bonds is 9. The summed E-state index contributed by atoms with van der Waals surface area (Å²) >= 11 is 0. The lowest BCUT2D eigenvalue weighted by atomic mass is 10.1. The molecule has 0 aliphatic carbocycles. The maximum atomic E-state index is 12.7. The van der Waals surface area contributed by atoms with Gasteiger partial charge < -0.3 is 19.3 Å². The fourth-order valence-corrected chi connectivity index (χ4v) is 2.11. The van der Waals surface area contributed by atoms with Crippen LogP contribution >= 0.6 is 0 Å². The minimum absolute atomic E-state index is 0.0495. The quantitative estimate of drug-likeness (QED) is 0.373. The maximum absolute atomic E-state index is 12.7. The Labute approximate surface area is 146 Å². The van der Waals surface area contributed by atoms with Gasteiger partial charge in [0.25, 0.3) is 5.91 Å². The van der Waals surface area contributed by atoms with E-state index in [1.807, 2.05) is 19.0 Å². The first kappa shape index (κ1) is 20.4. The zero-order chi connectivity index (χ0) is 19.0. The summed E-state index contributed by atoms with van der Waals surface area (Å²) in [6, 6.07) is 4.03. The molecular formula is C16H23N3O6. The number of ether oxygens (including phenoxy) is 2. The van der Waals surface area contributed by atoms with Crippen LogP contribution in [-0.2, 0) is 9.53 Å². The Balaban J connectivity index is 3.03. The Kier molecular flexibility index (Phi) is 7.80. The summed E-state index contributed by atoms with van der Waals surface area (Å²) in [6.45, 7) is 1.13. The fourth-order valence-electron chi connectivity index (χ4n) is 2.11. The van der Waals surface area contributed by atoms with Gasteiger partial charge in [-0.2, -0.15) is 0 Å². The molecule has 0 aliphatic heterocycles. The Morgan fingerprint density at radius 2 is 1.84 bits per heavy atom. The van der Waals surface area contributed by atoms with Gasteiger partial charge in [0.1, 0.15) is 0 Å². The number of nitro groups is 1. The van der Waals surface area contributed by atoms with Crippen LogP contribution in [-0.4, -0.2) is 74.5 Å². The maximum Gasteiger partial charge on any atom is 0.311 e. The molecule has 0 aromatic heterocycles. The van der Waals surface area contributed by atoms with E-state index in [1.54, 1.807) is 0 Å². The van der Waals surface area contributed by atoms with Crippen LogP contribution in [0.25, 0.3) is 0 Å². The lowest BCUT2D eigenvalue weighted by Crippen LogP contribution is -2.38. The fraction of sp³-hybridized carbons (Fsp3) is 0.500. The van der Waals surface area contributed by atoms with Crippen molar-refractivity contribution in [2.75, 3.05) is 47.9 Å². The summed E-state index contributed by atoms with van der Waals surface area (Å²) in [6.07, 6.45) is 0.0495. The van der Waals surface area contributed by atoms with Crippen molar-refractivity contribution in [3.63, 3.8) is 0 Å². The third-order valence-corrected chi connectivity index (χ3v) is 3.54. The molecule has 1 aromatic carbocycles. The van der Waals surface area contributed by atoms with E-state index in [0.717, 1.165) is 0 Å². The molecule has 9 heteroatoms. The van der Waals surface area contributed by atoms with Gasteiger partial charge >= 0.3 is 11.7 Å². The number of carbonyl (C=O) groups is 2. The molecule has 0 bridgehead atoms. The van der Waals surface area contributed by atoms with Crippen molar-refractivity contribution < 1.29 is 24.0 Å². The van der Waals surface area contributed by atoms with Crippen molar-refractivity contribution in [1.29, 1.82) is 0 Å². The van der Waals surface area contributed by atoms with E-state index in [1.165, 1.54) is 37.3 Å².